The van der Waals surface area contributed by atoms with Gasteiger partial charge in [-0.25, -0.2) is 4.39 Å². The first-order chi connectivity index (χ1) is 8.78. The average molecular weight is 241 g/mol. The van der Waals surface area contributed by atoms with Crippen LogP contribution in [0.1, 0.15) is 21.5 Å². The third kappa shape index (κ3) is 1.78. The molecule has 90 valence electrons. The van der Waals surface area contributed by atoms with Crippen molar-refractivity contribution in [1.29, 1.82) is 0 Å². The van der Waals surface area contributed by atoms with Crippen molar-refractivity contribution in [2.75, 3.05) is 4.90 Å². The van der Waals surface area contributed by atoms with Crippen LogP contribution in [-0.2, 0) is 13.1 Å². The van der Waals surface area contributed by atoms with Crippen LogP contribution in [0, 0.1) is 5.82 Å². The Labute approximate surface area is 105 Å². The number of halogens is 1. The number of carbonyl (C=O) groups is 1. The van der Waals surface area contributed by atoms with Gasteiger partial charge >= 0.3 is 0 Å². The Morgan fingerprint density at radius 3 is 2.28 bits per heavy atom. The highest BCUT2D eigenvalue weighted by Gasteiger charge is 2.20. The van der Waals surface area contributed by atoms with Crippen LogP contribution in [0.3, 0.4) is 0 Å². The molecule has 0 radical (unpaired) electrons. The highest BCUT2D eigenvalue weighted by molar-refractivity contribution is 5.76. The van der Waals surface area contributed by atoms with E-state index in [1.165, 1.54) is 17.2 Å². The molecule has 0 bridgehead atoms. The Bertz CT molecular complexity index is 584. The summed E-state index contributed by atoms with van der Waals surface area (Å²) in [6.45, 7) is 1.43. The lowest BCUT2D eigenvalue weighted by Gasteiger charge is -2.18. The average Bonchev–Trinajstić information content (AvgIpc) is 2.81. The second kappa shape index (κ2) is 4.26. The Morgan fingerprint density at radius 1 is 1.06 bits per heavy atom. The first-order valence-corrected chi connectivity index (χ1v) is 5.84. The zero-order valence-corrected chi connectivity index (χ0v) is 9.77. The monoisotopic (exact) mass is 241 g/mol. The van der Waals surface area contributed by atoms with Gasteiger partial charge in [0.05, 0.1) is 5.69 Å². The number of nitrogens with zero attached hydrogens (tertiary/aromatic N) is 1. The number of hydrogen-bond donors (Lipinski definition) is 0. The van der Waals surface area contributed by atoms with Gasteiger partial charge in [-0.2, -0.15) is 0 Å². The number of fused-ring (bicyclic) bond motifs is 1. The summed E-state index contributed by atoms with van der Waals surface area (Å²) in [5.41, 5.74) is 3.39. The normalized spacial score (nSPS) is 13.5. The molecule has 0 amide bonds. The molecule has 0 spiro atoms. The molecule has 18 heavy (non-hydrogen) atoms. The minimum Gasteiger partial charge on any atom is -0.360 e. The summed E-state index contributed by atoms with van der Waals surface area (Å²) < 4.78 is 13.9. The predicted octanol–water partition coefficient (Wildman–Crippen LogP) is 3.16. The standard InChI is InChI=1S/C15H12FNO/c16-14-7-11(10-18)5-6-15(14)17-8-12-3-1-2-4-13(12)9-17/h1-7,10H,8-9H2. The fourth-order valence-electron chi connectivity index (χ4n) is 2.36. The van der Waals surface area contributed by atoms with Crippen molar-refractivity contribution >= 4 is 12.0 Å². The lowest BCUT2D eigenvalue weighted by molar-refractivity contribution is 0.112. The zero-order chi connectivity index (χ0) is 12.5. The number of anilines is 1. The summed E-state index contributed by atoms with van der Waals surface area (Å²) in [6.07, 6.45) is 0.658. The lowest BCUT2D eigenvalue weighted by atomic mass is 10.1. The van der Waals surface area contributed by atoms with Crippen molar-refractivity contribution in [1.82, 2.24) is 0 Å². The van der Waals surface area contributed by atoms with E-state index in [2.05, 4.69) is 12.1 Å². The zero-order valence-electron chi connectivity index (χ0n) is 9.77. The van der Waals surface area contributed by atoms with E-state index in [0.29, 0.717) is 30.6 Å². The molecule has 1 heterocycles. The fourth-order valence-corrected chi connectivity index (χ4v) is 2.36. The van der Waals surface area contributed by atoms with Crippen LogP contribution < -0.4 is 4.90 Å². The number of benzene rings is 2. The van der Waals surface area contributed by atoms with Crippen molar-refractivity contribution in [2.24, 2.45) is 0 Å². The summed E-state index contributed by atoms with van der Waals surface area (Å²) in [7, 11) is 0. The molecular weight excluding hydrogens is 229 g/mol. The topological polar surface area (TPSA) is 20.3 Å². The Kier molecular flexibility index (Phi) is 2.59. The molecule has 0 saturated carbocycles. The minimum atomic E-state index is -0.340. The van der Waals surface area contributed by atoms with E-state index in [4.69, 9.17) is 0 Å². The molecule has 0 fully saturated rings. The van der Waals surface area contributed by atoms with Crippen molar-refractivity contribution in [2.45, 2.75) is 13.1 Å². The molecule has 0 unspecified atom stereocenters. The van der Waals surface area contributed by atoms with Gasteiger partial charge in [0.15, 0.2) is 0 Å². The van der Waals surface area contributed by atoms with Crippen LogP contribution in [0.15, 0.2) is 42.5 Å². The number of aldehydes is 1. The van der Waals surface area contributed by atoms with Gasteiger partial charge in [0.2, 0.25) is 0 Å². The van der Waals surface area contributed by atoms with E-state index in [1.807, 2.05) is 17.0 Å². The second-order valence-corrected chi connectivity index (χ2v) is 4.45. The molecule has 1 aliphatic heterocycles. The Balaban J connectivity index is 1.92. The van der Waals surface area contributed by atoms with Gasteiger partial charge in [-0.3, -0.25) is 4.79 Å². The van der Waals surface area contributed by atoms with Gasteiger partial charge in [0.1, 0.15) is 12.1 Å². The Hall–Kier alpha value is -2.16. The van der Waals surface area contributed by atoms with E-state index < -0.39 is 0 Å². The molecule has 2 nitrogen and oxygen atoms in total. The molecule has 0 atom stereocenters. The van der Waals surface area contributed by atoms with Crippen LogP contribution in [-0.4, -0.2) is 6.29 Å². The number of rotatable bonds is 2. The third-order valence-corrected chi connectivity index (χ3v) is 3.29. The molecule has 3 heteroatoms. The summed E-state index contributed by atoms with van der Waals surface area (Å²) in [6, 6.07) is 12.7. The molecule has 0 aromatic heterocycles. The largest absolute Gasteiger partial charge is 0.360 e. The maximum Gasteiger partial charge on any atom is 0.150 e. The maximum absolute atomic E-state index is 13.9. The lowest BCUT2D eigenvalue weighted by Crippen LogP contribution is -2.16. The molecule has 3 rings (SSSR count). The summed E-state index contributed by atoms with van der Waals surface area (Å²) in [5, 5.41) is 0. The van der Waals surface area contributed by atoms with E-state index in [9.17, 15) is 9.18 Å². The Morgan fingerprint density at radius 2 is 1.72 bits per heavy atom. The molecule has 0 saturated heterocycles. The van der Waals surface area contributed by atoms with E-state index in [0.717, 1.165) is 0 Å². The van der Waals surface area contributed by atoms with Gasteiger partial charge in [-0.1, -0.05) is 24.3 Å². The highest BCUT2D eigenvalue weighted by atomic mass is 19.1. The first-order valence-electron chi connectivity index (χ1n) is 5.84. The first kappa shape index (κ1) is 11.0. The fraction of sp³-hybridized carbons (Fsp3) is 0.133. The van der Waals surface area contributed by atoms with Crippen LogP contribution >= 0.6 is 0 Å². The SMILES string of the molecule is O=Cc1ccc(N2Cc3ccccc3C2)c(F)c1. The molecule has 2 aromatic rings. The highest BCUT2D eigenvalue weighted by Crippen LogP contribution is 2.30. The van der Waals surface area contributed by atoms with Gasteiger partial charge < -0.3 is 4.90 Å². The second-order valence-electron chi connectivity index (χ2n) is 4.45. The van der Waals surface area contributed by atoms with Crippen LogP contribution in [0.2, 0.25) is 0 Å². The van der Waals surface area contributed by atoms with Crippen LogP contribution in [0.25, 0.3) is 0 Å². The molecule has 2 aromatic carbocycles. The van der Waals surface area contributed by atoms with Crippen LogP contribution in [0.5, 0.6) is 0 Å². The molecule has 0 aliphatic carbocycles. The van der Waals surface area contributed by atoms with Crippen molar-refractivity contribution in [3.8, 4) is 0 Å². The molecule has 1 aliphatic rings. The predicted molar refractivity (Wildman–Crippen MR) is 68.1 cm³/mol. The van der Waals surface area contributed by atoms with Crippen LogP contribution in [0.4, 0.5) is 10.1 Å². The van der Waals surface area contributed by atoms with E-state index >= 15 is 0 Å². The quantitative estimate of drug-likeness (QED) is 0.753. The minimum absolute atomic E-state index is 0.340. The molecular formula is C15H12FNO. The van der Waals surface area contributed by atoms with Crippen molar-refractivity contribution in [3.05, 3.63) is 65.0 Å². The summed E-state index contributed by atoms with van der Waals surface area (Å²) in [5.74, 6) is -0.340. The van der Waals surface area contributed by atoms with Crippen molar-refractivity contribution < 1.29 is 9.18 Å². The van der Waals surface area contributed by atoms with Gasteiger partial charge in [-0.15, -0.1) is 0 Å². The maximum atomic E-state index is 13.9. The number of carbonyl (C=O) groups excluding carboxylic acids is 1. The summed E-state index contributed by atoms with van der Waals surface area (Å²) >= 11 is 0. The summed E-state index contributed by atoms with van der Waals surface area (Å²) in [4.78, 5) is 12.6. The van der Waals surface area contributed by atoms with Gasteiger partial charge in [0.25, 0.3) is 0 Å². The van der Waals surface area contributed by atoms with Crippen molar-refractivity contribution in [3.63, 3.8) is 0 Å². The smallest absolute Gasteiger partial charge is 0.150 e. The van der Waals surface area contributed by atoms with E-state index in [-0.39, 0.29) is 5.82 Å². The van der Waals surface area contributed by atoms with Gasteiger partial charge in [0, 0.05) is 18.7 Å². The third-order valence-electron chi connectivity index (χ3n) is 3.29. The number of hydrogen-bond acceptors (Lipinski definition) is 2. The van der Waals surface area contributed by atoms with Gasteiger partial charge in [-0.05, 0) is 29.3 Å². The molecule has 0 N–H and O–H groups in total. The van der Waals surface area contributed by atoms with E-state index in [1.54, 1.807) is 12.1 Å².